The van der Waals surface area contributed by atoms with E-state index in [2.05, 4.69) is 20.1 Å². The van der Waals surface area contributed by atoms with Crippen molar-refractivity contribution in [2.45, 2.75) is 0 Å². The number of hydrogen-bond acceptors (Lipinski definition) is 5. The van der Waals surface area contributed by atoms with Crippen LogP contribution in [0, 0.1) is 11.6 Å². The van der Waals surface area contributed by atoms with E-state index in [0.717, 1.165) is 12.4 Å². The Bertz CT molecular complexity index is 787. The first-order chi connectivity index (χ1) is 9.06. The molecule has 0 unspecified atom stereocenters. The quantitative estimate of drug-likeness (QED) is 0.551. The molecule has 92 valence electrons. The zero-order valence-corrected chi connectivity index (χ0v) is 13.9. The Kier molecular flexibility index (Phi) is 2.88. The summed E-state index contributed by atoms with van der Waals surface area (Å²) in [5, 5.41) is 4.71. The molecular formula is C10H5F2N6Tl. The van der Waals surface area contributed by atoms with Gasteiger partial charge in [-0.25, -0.2) is 0 Å². The zero-order chi connectivity index (χ0) is 13.6. The molecule has 3 rings (SSSR count). The van der Waals surface area contributed by atoms with Gasteiger partial charge in [0.25, 0.3) is 0 Å². The molecule has 0 amide bonds. The van der Waals surface area contributed by atoms with Gasteiger partial charge in [-0.2, -0.15) is 0 Å². The second-order valence-electron chi connectivity index (χ2n) is 3.74. The molecule has 9 heteroatoms. The van der Waals surface area contributed by atoms with Crippen LogP contribution in [0.15, 0.2) is 18.5 Å². The van der Waals surface area contributed by atoms with Crippen molar-refractivity contribution >= 4 is 42.9 Å². The molecule has 0 spiro atoms. The molecule has 0 aliphatic carbocycles. The summed E-state index contributed by atoms with van der Waals surface area (Å²) in [5.41, 5.74) is 6.29. The predicted molar refractivity (Wildman–Crippen MR) is 64.0 cm³/mol. The van der Waals surface area contributed by atoms with Crippen molar-refractivity contribution in [1.82, 2.24) is 22.5 Å². The summed E-state index contributed by atoms with van der Waals surface area (Å²) in [6.45, 7) is 0. The van der Waals surface area contributed by atoms with Crippen LogP contribution in [0.1, 0.15) is 0 Å². The van der Waals surface area contributed by atoms with E-state index in [1.54, 1.807) is 2.49 Å². The van der Waals surface area contributed by atoms with Crippen LogP contribution in [0.2, 0.25) is 0 Å². The normalized spacial score (nSPS) is 11.0. The van der Waals surface area contributed by atoms with Crippen LogP contribution >= 0.6 is 0 Å². The number of halogens is 2. The van der Waals surface area contributed by atoms with Gasteiger partial charge >= 0.3 is 122 Å². The predicted octanol–water partition coefficient (Wildman–Crippen LogP) is 0.680. The molecule has 19 heavy (non-hydrogen) atoms. The van der Waals surface area contributed by atoms with E-state index in [9.17, 15) is 8.78 Å². The van der Waals surface area contributed by atoms with Crippen LogP contribution in [0.3, 0.4) is 0 Å². The molecule has 0 aliphatic heterocycles. The molecule has 0 saturated heterocycles. The fourth-order valence-corrected chi connectivity index (χ4v) is 2.91. The number of nitrogens with zero attached hydrogens (tertiary/aromatic N) is 5. The topological polar surface area (TPSA) is 82.5 Å². The number of aromatic nitrogens is 5. The molecule has 3 aromatic heterocycles. The second-order valence-corrected chi connectivity index (χ2v) is 5.65. The van der Waals surface area contributed by atoms with Gasteiger partial charge in [-0.1, -0.05) is 0 Å². The monoisotopic (exact) mass is 452 g/mol. The zero-order valence-electron chi connectivity index (χ0n) is 9.38. The van der Waals surface area contributed by atoms with Crippen LogP contribution < -0.4 is 5.73 Å². The summed E-state index contributed by atoms with van der Waals surface area (Å²) in [4.78, 5) is 11.6. The molecule has 3 heterocycles. The van der Waals surface area contributed by atoms with Gasteiger partial charge in [0.1, 0.15) is 0 Å². The van der Waals surface area contributed by atoms with Crippen LogP contribution in [0.25, 0.3) is 22.6 Å². The van der Waals surface area contributed by atoms with Gasteiger partial charge in [-0.15, -0.1) is 0 Å². The van der Waals surface area contributed by atoms with Gasteiger partial charge in [0.15, 0.2) is 0 Å². The number of fused-ring (bicyclic) bond motifs is 1. The Balaban J connectivity index is 2.29. The van der Waals surface area contributed by atoms with E-state index < -0.39 is 11.6 Å². The Hall–Kier alpha value is -1.72. The first kappa shape index (κ1) is 12.3. The fraction of sp³-hybridized carbons (Fsp3) is 0. The van der Waals surface area contributed by atoms with Crippen LogP contribution in [0.4, 0.5) is 14.6 Å². The van der Waals surface area contributed by atoms with Crippen molar-refractivity contribution in [2.75, 3.05) is 5.73 Å². The van der Waals surface area contributed by atoms with E-state index >= 15 is 0 Å². The molecule has 0 saturated carbocycles. The number of anilines is 1. The average Bonchev–Trinajstić information content (AvgIpc) is 2.70. The maximum absolute atomic E-state index is 13.3. The number of nitrogens with two attached hydrogens (primary N) is 1. The third kappa shape index (κ3) is 2.05. The molecule has 0 aromatic carbocycles. The summed E-state index contributed by atoms with van der Waals surface area (Å²) in [7, 11) is 0. The van der Waals surface area contributed by atoms with E-state index in [1.165, 1.54) is 6.07 Å². The Morgan fingerprint density at radius 3 is 2.74 bits per heavy atom. The second kappa shape index (κ2) is 4.43. The average molecular weight is 452 g/mol. The van der Waals surface area contributed by atoms with Crippen LogP contribution in [-0.2, 0) is 0 Å². The van der Waals surface area contributed by atoms with Crippen LogP contribution in [-0.4, -0.2) is 48.6 Å². The molecule has 0 atom stereocenters. The molecule has 6 nitrogen and oxygen atoms in total. The van der Waals surface area contributed by atoms with E-state index in [4.69, 9.17) is 5.73 Å². The van der Waals surface area contributed by atoms with Crippen molar-refractivity contribution in [3.8, 4) is 11.5 Å². The van der Waals surface area contributed by atoms with Gasteiger partial charge in [-0.05, 0) is 0 Å². The van der Waals surface area contributed by atoms with Gasteiger partial charge < -0.3 is 0 Å². The molecule has 0 aliphatic rings. The Morgan fingerprint density at radius 1 is 1.21 bits per heavy atom. The summed E-state index contributed by atoms with van der Waals surface area (Å²) in [6.07, 6.45) is 2.08. The van der Waals surface area contributed by atoms with Gasteiger partial charge in [0.2, 0.25) is 0 Å². The summed E-state index contributed by atoms with van der Waals surface area (Å²) in [6, 6.07) is 1.30. The summed E-state index contributed by atoms with van der Waals surface area (Å²) >= 11 is 0.344. The van der Waals surface area contributed by atoms with Crippen molar-refractivity contribution < 1.29 is 8.78 Å². The number of rotatable bonds is 1. The third-order valence-electron chi connectivity index (χ3n) is 2.50. The van der Waals surface area contributed by atoms with E-state index in [-0.39, 0.29) is 11.6 Å². The van der Waals surface area contributed by atoms with Gasteiger partial charge in [0.05, 0.1) is 0 Å². The van der Waals surface area contributed by atoms with Crippen molar-refractivity contribution in [3.05, 3.63) is 30.1 Å². The van der Waals surface area contributed by atoms with Gasteiger partial charge in [-0.3, -0.25) is 0 Å². The molecule has 0 radical (unpaired) electrons. The molecule has 0 bridgehead atoms. The first-order valence-electron chi connectivity index (χ1n) is 5.14. The molecule has 3 aromatic rings. The fourth-order valence-electron chi connectivity index (χ4n) is 1.66. The first-order valence-corrected chi connectivity index (χ1v) is 7.15. The van der Waals surface area contributed by atoms with Crippen molar-refractivity contribution in [1.29, 1.82) is 0 Å². The standard InChI is InChI=1S/C10H5F2N6.Tl/c11-4-1-5-7(17-18-9(5)14-2-4)10-15-3-6(12)8(13)16-10;/h1-3H,(H2-,13,14,15,16,17,18);/q-1;+1. The molecular weight excluding hydrogens is 447 g/mol. The Morgan fingerprint density at radius 2 is 2.00 bits per heavy atom. The summed E-state index contributed by atoms with van der Waals surface area (Å²) < 4.78 is 28.0. The SMILES string of the molecule is Nc1nc(-c2n[n]([Tl])c3ncc(F)cc23)ncc1F. The summed E-state index contributed by atoms with van der Waals surface area (Å²) in [5.74, 6) is -1.31. The third-order valence-corrected chi connectivity index (χ3v) is 3.90. The Labute approximate surface area is 121 Å². The number of pyridine rings is 1. The maximum atomic E-state index is 13.3. The van der Waals surface area contributed by atoms with E-state index in [1.807, 2.05) is 0 Å². The number of nitrogen functional groups attached to an aromatic ring is 1. The minimum absolute atomic E-state index is 0.149. The van der Waals surface area contributed by atoms with E-state index in [0.29, 0.717) is 42.8 Å². The molecule has 0 fully saturated rings. The van der Waals surface area contributed by atoms with Crippen LogP contribution in [0.5, 0.6) is 0 Å². The number of hydrogen-bond donors (Lipinski definition) is 1. The van der Waals surface area contributed by atoms with Crippen molar-refractivity contribution in [2.24, 2.45) is 0 Å². The van der Waals surface area contributed by atoms with Gasteiger partial charge in [0, 0.05) is 0 Å². The van der Waals surface area contributed by atoms with Crippen molar-refractivity contribution in [3.63, 3.8) is 0 Å². The molecule has 2 N–H and O–H groups in total. The minimum atomic E-state index is -0.704.